The van der Waals surface area contributed by atoms with Crippen molar-refractivity contribution in [1.29, 1.82) is 0 Å². The van der Waals surface area contributed by atoms with Gasteiger partial charge < -0.3 is 15.8 Å². The maximum Gasteiger partial charge on any atom is 0.223 e. The minimum absolute atomic E-state index is 0.0179. The van der Waals surface area contributed by atoms with Gasteiger partial charge in [-0.25, -0.2) is 8.42 Å². The molecule has 2 aliphatic carbocycles. The molecule has 4 rings (SSSR count). The average molecular weight is 488 g/mol. The van der Waals surface area contributed by atoms with Gasteiger partial charge in [0.15, 0.2) is 0 Å². The number of amides is 1. The first-order valence-electron chi connectivity index (χ1n) is 12.4. The zero-order valence-corrected chi connectivity index (χ0v) is 21.3. The third-order valence-corrected chi connectivity index (χ3v) is 8.62. The topological polar surface area (TPSA) is 111 Å². The van der Waals surface area contributed by atoms with Crippen LogP contribution in [0, 0.1) is 5.92 Å². The van der Waals surface area contributed by atoms with Crippen molar-refractivity contribution in [3.63, 3.8) is 0 Å². The summed E-state index contributed by atoms with van der Waals surface area (Å²) >= 11 is 0. The standard InChI is InChI=1S/C26H37N3O4S/c1-17(2)28-23-16-19(25(30)29-26(3)11-13-34(31,32)14-12-26)7-10-22(23)24(27)18-5-4-6-21(15-18)33-20-8-9-20/h4-6,15,17,19-20H,7-14,16,27H2,1-3H3,(H,29,30)/t19-/m1/s1. The minimum atomic E-state index is -2.99. The lowest BCUT2D eigenvalue weighted by Crippen LogP contribution is -2.53. The lowest BCUT2D eigenvalue weighted by Gasteiger charge is -2.36. The number of aliphatic imine (C=N–C) groups is 1. The largest absolute Gasteiger partial charge is 0.490 e. The molecule has 34 heavy (non-hydrogen) atoms. The van der Waals surface area contributed by atoms with Crippen LogP contribution >= 0.6 is 0 Å². The summed E-state index contributed by atoms with van der Waals surface area (Å²) in [4.78, 5) is 18.0. The Balaban J connectivity index is 1.50. The van der Waals surface area contributed by atoms with Gasteiger partial charge in [-0.05, 0) is 77.0 Å². The minimum Gasteiger partial charge on any atom is -0.490 e. The highest BCUT2D eigenvalue weighted by atomic mass is 32.2. The third-order valence-electron chi connectivity index (χ3n) is 6.97. The number of carbonyl (C=O) groups is 1. The molecule has 0 aromatic heterocycles. The quantitative estimate of drug-likeness (QED) is 0.637. The van der Waals surface area contributed by atoms with E-state index >= 15 is 0 Å². The van der Waals surface area contributed by atoms with Crippen molar-refractivity contribution < 1.29 is 17.9 Å². The second-order valence-corrected chi connectivity index (χ2v) is 12.9. The lowest BCUT2D eigenvalue weighted by molar-refractivity contribution is -0.127. The van der Waals surface area contributed by atoms with Crippen LogP contribution in [0.4, 0.5) is 0 Å². The number of benzene rings is 1. The van der Waals surface area contributed by atoms with Gasteiger partial charge in [0.25, 0.3) is 0 Å². The van der Waals surface area contributed by atoms with E-state index in [1.54, 1.807) is 0 Å². The van der Waals surface area contributed by atoms with Crippen molar-refractivity contribution in [2.24, 2.45) is 16.6 Å². The summed E-state index contributed by atoms with van der Waals surface area (Å²) in [6.45, 7) is 6.00. The summed E-state index contributed by atoms with van der Waals surface area (Å²) in [6, 6.07) is 7.99. The Kier molecular flexibility index (Phi) is 7.08. The van der Waals surface area contributed by atoms with Gasteiger partial charge in [0.1, 0.15) is 15.6 Å². The molecular formula is C26H37N3O4S. The number of nitrogens with zero attached hydrogens (tertiary/aromatic N) is 1. The Morgan fingerprint density at radius 2 is 1.91 bits per heavy atom. The summed E-state index contributed by atoms with van der Waals surface area (Å²) in [6.07, 6.45) is 5.33. The first kappa shape index (κ1) is 24.8. The summed E-state index contributed by atoms with van der Waals surface area (Å²) in [7, 11) is -2.99. The molecule has 1 saturated heterocycles. The van der Waals surface area contributed by atoms with Crippen molar-refractivity contribution in [3.05, 3.63) is 35.4 Å². The van der Waals surface area contributed by atoms with Gasteiger partial charge in [-0.2, -0.15) is 0 Å². The van der Waals surface area contributed by atoms with E-state index in [1.165, 1.54) is 0 Å². The Morgan fingerprint density at radius 3 is 2.56 bits per heavy atom. The third kappa shape index (κ3) is 6.20. The SMILES string of the molecule is CC(C)N=C1C[C@H](C(=O)NC2(C)CCS(=O)(=O)CC2)CCC1=C(N)c1cccc(OC2CC2)c1. The fourth-order valence-corrected chi connectivity index (χ4v) is 6.41. The number of carbonyl (C=O) groups excluding carboxylic acids is 1. The molecule has 3 fully saturated rings. The average Bonchev–Trinajstić information content (AvgIpc) is 3.59. The summed E-state index contributed by atoms with van der Waals surface area (Å²) in [5.41, 5.74) is 9.70. The summed E-state index contributed by atoms with van der Waals surface area (Å²) in [5, 5.41) is 3.16. The highest BCUT2D eigenvalue weighted by molar-refractivity contribution is 7.91. The monoisotopic (exact) mass is 487 g/mol. The molecular weight excluding hydrogens is 450 g/mol. The van der Waals surface area contributed by atoms with E-state index in [4.69, 9.17) is 15.5 Å². The predicted octanol–water partition coefficient (Wildman–Crippen LogP) is 3.63. The van der Waals surface area contributed by atoms with Gasteiger partial charge >= 0.3 is 0 Å². The molecule has 7 nitrogen and oxygen atoms in total. The molecule has 8 heteroatoms. The van der Waals surface area contributed by atoms with Gasteiger partial charge in [0.05, 0.1) is 17.6 Å². The Bertz CT molecular complexity index is 1090. The number of hydrogen-bond acceptors (Lipinski definition) is 6. The molecule has 0 unspecified atom stereocenters. The summed E-state index contributed by atoms with van der Waals surface area (Å²) in [5.74, 6) is 0.870. The Hall–Kier alpha value is -2.35. The lowest BCUT2D eigenvalue weighted by atomic mass is 9.81. The fraction of sp³-hybridized carbons (Fsp3) is 0.615. The molecule has 1 aromatic carbocycles. The van der Waals surface area contributed by atoms with E-state index in [9.17, 15) is 13.2 Å². The van der Waals surface area contributed by atoms with Gasteiger partial charge in [-0.15, -0.1) is 0 Å². The maximum atomic E-state index is 13.2. The Morgan fingerprint density at radius 1 is 1.21 bits per heavy atom. The number of ether oxygens (including phenoxy) is 1. The summed E-state index contributed by atoms with van der Waals surface area (Å²) < 4.78 is 29.6. The second-order valence-electron chi connectivity index (χ2n) is 10.5. The van der Waals surface area contributed by atoms with Crippen LogP contribution in [0.25, 0.3) is 5.70 Å². The second kappa shape index (κ2) is 9.72. The van der Waals surface area contributed by atoms with E-state index in [1.807, 2.05) is 45.0 Å². The van der Waals surface area contributed by atoms with Crippen molar-refractivity contribution in [3.8, 4) is 5.75 Å². The van der Waals surface area contributed by atoms with Crippen LogP contribution in [0.15, 0.2) is 34.8 Å². The zero-order chi connectivity index (χ0) is 24.5. The van der Waals surface area contributed by atoms with Crippen LogP contribution < -0.4 is 15.8 Å². The van der Waals surface area contributed by atoms with Crippen LogP contribution in [0.3, 0.4) is 0 Å². The number of allylic oxidation sites excluding steroid dienone is 1. The van der Waals surface area contributed by atoms with Gasteiger partial charge in [0.2, 0.25) is 5.91 Å². The molecule has 0 radical (unpaired) electrons. The molecule has 2 saturated carbocycles. The van der Waals surface area contributed by atoms with Gasteiger partial charge in [-0.1, -0.05) is 12.1 Å². The van der Waals surface area contributed by atoms with Crippen molar-refractivity contribution in [2.75, 3.05) is 11.5 Å². The number of sulfone groups is 1. The fourth-order valence-electron chi connectivity index (χ4n) is 4.68. The van der Waals surface area contributed by atoms with E-state index in [0.29, 0.717) is 43.9 Å². The predicted molar refractivity (Wildman–Crippen MR) is 136 cm³/mol. The van der Waals surface area contributed by atoms with Crippen molar-refractivity contribution in [2.45, 2.75) is 83.4 Å². The highest BCUT2D eigenvalue weighted by Gasteiger charge is 2.37. The van der Waals surface area contributed by atoms with E-state index in [0.717, 1.165) is 35.4 Å². The number of nitrogens with one attached hydrogen (secondary N) is 1. The number of rotatable bonds is 6. The molecule has 186 valence electrons. The van der Waals surface area contributed by atoms with E-state index in [-0.39, 0.29) is 29.4 Å². The molecule has 1 aromatic rings. The first-order valence-corrected chi connectivity index (χ1v) is 14.2. The molecule has 1 atom stereocenters. The molecule has 1 amide bonds. The van der Waals surface area contributed by atoms with E-state index < -0.39 is 15.4 Å². The van der Waals surface area contributed by atoms with Crippen LogP contribution in [0.2, 0.25) is 0 Å². The van der Waals surface area contributed by atoms with Crippen LogP contribution in [0.5, 0.6) is 5.75 Å². The van der Waals surface area contributed by atoms with Gasteiger partial charge in [-0.3, -0.25) is 9.79 Å². The smallest absolute Gasteiger partial charge is 0.223 e. The zero-order valence-electron chi connectivity index (χ0n) is 20.5. The van der Waals surface area contributed by atoms with Gasteiger partial charge in [0, 0.05) is 40.9 Å². The normalized spacial score (nSPS) is 26.8. The van der Waals surface area contributed by atoms with Crippen molar-refractivity contribution in [1.82, 2.24) is 5.32 Å². The van der Waals surface area contributed by atoms with Crippen LogP contribution in [-0.2, 0) is 14.6 Å². The molecule has 0 bridgehead atoms. The maximum absolute atomic E-state index is 13.2. The van der Waals surface area contributed by atoms with E-state index in [2.05, 4.69) is 5.32 Å². The Labute approximate surface area is 203 Å². The first-order chi connectivity index (χ1) is 16.0. The number of nitrogens with two attached hydrogens (primary N) is 1. The molecule has 1 heterocycles. The highest BCUT2D eigenvalue weighted by Crippen LogP contribution is 2.34. The number of hydrogen-bond donors (Lipinski definition) is 2. The molecule has 1 aliphatic heterocycles. The molecule has 3 N–H and O–H groups in total. The van der Waals surface area contributed by atoms with Crippen molar-refractivity contribution >= 4 is 27.2 Å². The van der Waals surface area contributed by atoms with Crippen LogP contribution in [-0.4, -0.2) is 49.2 Å². The van der Waals surface area contributed by atoms with Crippen LogP contribution in [0.1, 0.15) is 71.3 Å². The molecule has 3 aliphatic rings. The molecule has 0 spiro atoms.